The first-order chi connectivity index (χ1) is 15.8. The van der Waals surface area contributed by atoms with Crippen LogP contribution in [-0.2, 0) is 14.3 Å². The van der Waals surface area contributed by atoms with E-state index in [0.717, 1.165) is 11.1 Å². The third kappa shape index (κ3) is 7.26. The van der Waals surface area contributed by atoms with Crippen molar-refractivity contribution in [3.05, 3.63) is 47.2 Å². The molecule has 0 amide bonds. The highest BCUT2D eigenvalue weighted by Gasteiger charge is 2.40. The molecular formula is C28H41NO5. The Morgan fingerprint density at radius 3 is 2.47 bits per heavy atom. The van der Waals surface area contributed by atoms with Gasteiger partial charge in [0.1, 0.15) is 23.8 Å². The van der Waals surface area contributed by atoms with Crippen LogP contribution in [0.15, 0.2) is 40.1 Å². The Morgan fingerprint density at radius 2 is 1.85 bits per heavy atom. The van der Waals surface area contributed by atoms with Gasteiger partial charge in [0.05, 0.1) is 6.10 Å². The van der Waals surface area contributed by atoms with E-state index in [4.69, 9.17) is 9.15 Å². The Kier molecular flexibility index (Phi) is 9.63. The van der Waals surface area contributed by atoms with Crippen LogP contribution in [0.25, 0.3) is 6.08 Å². The summed E-state index contributed by atoms with van der Waals surface area (Å²) in [6.45, 7) is 15.0. The van der Waals surface area contributed by atoms with Crippen molar-refractivity contribution < 1.29 is 23.8 Å². The molecule has 1 aromatic rings. The highest BCUT2D eigenvalue weighted by molar-refractivity contribution is 5.87. The number of nitrogens with zero attached hydrogens (tertiary/aromatic N) is 1. The lowest BCUT2D eigenvalue weighted by atomic mass is 9.69. The molecule has 1 N–H and O–H groups in total. The van der Waals surface area contributed by atoms with Gasteiger partial charge in [0, 0.05) is 31.1 Å². The van der Waals surface area contributed by atoms with Crippen LogP contribution in [-0.4, -0.2) is 34.1 Å². The van der Waals surface area contributed by atoms with E-state index in [9.17, 15) is 14.7 Å². The topological polar surface area (TPSA) is 89.6 Å². The summed E-state index contributed by atoms with van der Waals surface area (Å²) in [5.41, 5.74) is 1.81. The average Bonchev–Trinajstić information content (AvgIpc) is 3.18. The van der Waals surface area contributed by atoms with Gasteiger partial charge >= 0.3 is 5.97 Å². The van der Waals surface area contributed by atoms with Crippen molar-refractivity contribution in [3.63, 3.8) is 0 Å². The van der Waals surface area contributed by atoms with Gasteiger partial charge in [-0.2, -0.15) is 0 Å². The number of aliphatic hydroxyl groups excluding tert-OH is 1. The van der Waals surface area contributed by atoms with Crippen molar-refractivity contribution in [2.45, 2.75) is 86.9 Å². The highest BCUT2D eigenvalue weighted by atomic mass is 16.5. The Hall–Kier alpha value is -2.47. The van der Waals surface area contributed by atoms with Crippen LogP contribution in [0.3, 0.4) is 0 Å². The summed E-state index contributed by atoms with van der Waals surface area (Å²) in [6, 6.07) is 0. The number of oxazole rings is 1. The molecule has 0 fully saturated rings. The van der Waals surface area contributed by atoms with Crippen LogP contribution in [0, 0.1) is 30.1 Å². The maximum absolute atomic E-state index is 13.3. The third-order valence-electron chi connectivity index (χ3n) is 7.19. The quantitative estimate of drug-likeness (QED) is 0.544. The number of Topliss-reactive ketones (excluding diaryl/α,β-unsaturated/α-hetero) is 1. The van der Waals surface area contributed by atoms with E-state index in [2.05, 4.69) is 4.98 Å². The normalized spacial score (nSPS) is 32.6. The molecule has 0 spiro atoms. The fourth-order valence-electron chi connectivity index (χ4n) is 4.26. The molecule has 0 unspecified atom stereocenters. The van der Waals surface area contributed by atoms with Gasteiger partial charge in [0.15, 0.2) is 5.89 Å². The minimum atomic E-state index is -0.777. The largest absolute Gasteiger partial charge is 0.457 e. The Balaban J connectivity index is 2.38. The lowest BCUT2D eigenvalue weighted by molar-refractivity contribution is -0.150. The monoisotopic (exact) mass is 471 g/mol. The Bertz CT molecular complexity index is 952. The number of carbonyl (C=O) groups excluding carboxylic acids is 2. The summed E-state index contributed by atoms with van der Waals surface area (Å²) < 4.78 is 11.2. The van der Waals surface area contributed by atoms with E-state index < -0.39 is 23.5 Å². The molecule has 188 valence electrons. The van der Waals surface area contributed by atoms with Gasteiger partial charge in [-0.25, -0.2) is 4.98 Å². The van der Waals surface area contributed by atoms with Crippen LogP contribution >= 0.6 is 0 Å². The number of ether oxygens (including phenoxy) is 1. The molecule has 1 aliphatic heterocycles. The number of aryl methyl sites for hydroxylation is 1. The molecule has 5 atom stereocenters. The molecule has 0 aliphatic carbocycles. The van der Waals surface area contributed by atoms with Crippen LogP contribution < -0.4 is 0 Å². The maximum atomic E-state index is 13.3. The molecule has 6 nitrogen and oxygen atoms in total. The van der Waals surface area contributed by atoms with Crippen molar-refractivity contribution in [3.8, 4) is 0 Å². The summed E-state index contributed by atoms with van der Waals surface area (Å²) in [5, 5.41) is 10.8. The number of allylic oxidation sites excluding steroid dienone is 3. The zero-order valence-corrected chi connectivity index (χ0v) is 21.9. The summed E-state index contributed by atoms with van der Waals surface area (Å²) >= 11 is 0. The van der Waals surface area contributed by atoms with Crippen LogP contribution in [0.2, 0.25) is 0 Å². The number of ketones is 1. The summed E-state index contributed by atoms with van der Waals surface area (Å²) in [4.78, 5) is 30.6. The summed E-state index contributed by atoms with van der Waals surface area (Å²) in [6.07, 6.45) is 9.64. The molecule has 0 saturated carbocycles. The molecule has 34 heavy (non-hydrogen) atoms. The lowest BCUT2D eigenvalue weighted by Crippen LogP contribution is -2.42. The van der Waals surface area contributed by atoms with Crippen molar-refractivity contribution in [2.75, 3.05) is 0 Å². The SMILES string of the molecule is CC1=C/C[C@@H](/C(C)=C/c2coc(C)n2)OC(=O)C[C@H](C)C(C)(C)C(=O)[C@H](C)[C@@H](O)[C@@H](C)C\C=C\1. The predicted octanol–water partition coefficient (Wildman–Crippen LogP) is 5.85. The molecule has 0 bridgehead atoms. The van der Waals surface area contributed by atoms with E-state index in [1.807, 2.05) is 65.8 Å². The predicted molar refractivity (Wildman–Crippen MR) is 134 cm³/mol. The number of carbonyl (C=O) groups is 2. The minimum Gasteiger partial charge on any atom is -0.457 e. The summed E-state index contributed by atoms with van der Waals surface area (Å²) in [7, 11) is 0. The minimum absolute atomic E-state index is 0.0340. The van der Waals surface area contributed by atoms with Crippen molar-refractivity contribution >= 4 is 17.8 Å². The van der Waals surface area contributed by atoms with Crippen LogP contribution in [0.4, 0.5) is 0 Å². The number of hydrogen-bond donors (Lipinski definition) is 1. The maximum Gasteiger partial charge on any atom is 0.306 e. The number of hydrogen-bond acceptors (Lipinski definition) is 6. The first kappa shape index (κ1) is 27.8. The number of rotatable bonds is 2. The van der Waals surface area contributed by atoms with Gasteiger partial charge in [-0.15, -0.1) is 0 Å². The van der Waals surface area contributed by atoms with Crippen molar-refractivity contribution in [1.29, 1.82) is 0 Å². The molecule has 0 saturated heterocycles. The second-order valence-electron chi connectivity index (χ2n) is 10.4. The van der Waals surface area contributed by atoms with Gasteiger partial charge in [-0.3, -0.25) is 9.59 Å². The van der Waals surface area contributed by atoms with E-state index >= 15 is 0 Å². The van der Waals surface area contributed by atoms with Crippen LogP contribution in [0.5, 0.6) is 0 Å². The number of cyclic esters (lactones) is 1. The van der Waals surface area contributed by atoms with E-state index in [1.54, 1.807) is 20.1 Å². The highest BCUT2D eigenvalue weighted by Crippen LogP contribution is 2.35. The average molecular weight is 472 g/mol. The second-order valence-corrected chi connectivity index (χ2v) is 10.4. The van der Waals surface area contributed by atoms with E-state index in [1.165, 1.54) is 0 Å². The first-order valence-corrected chi connectivity index (χ1v) is 12.2. The van der Waals surface area contributed by atoms with Gasteiger partial charge in [0.25, 0.3) is 0 Å². The van der Waals surface area contributed by atoms with E-state index in [-0.39, 0.29) is 30.0 Å². The van der Waals surface area contributed by atoms with Gasteiger partial charge in [-0.05, 0) is 43.8 Å². The Labute approximate surface area is 204 Å². The first-order valence-electron chi connectivity index (χ1n) is 12.2. The third-order valence-corrected chi connectivity index (χ3v) is 7.19. The molecule has 0 radical (unpaired) electrons. The Morgan fingerprint density at radius 1 is 1.18 bits per heavy atom. The zero-order chi connectivity index (χ0) is 25.6. The fraction of sp³-hybridized carbons (Fsp3) is 0.607. The summed E-state index contributed by atoms with van der Waals surface area (Å²) in [5.74, 6) is -0.637. The van der Waals surface area contributed by atoms with Gasteiger partial charge < -0.3 is 14.3 Å². The number of aliphatic hydroxyl groups is 1. The number of esters is 1. The lowest BCUT2D eigenvalue weighted by Gasteiger charge is -2.35. The van der Waals surface area contributed by atoms with Crippen molar-refractivity contribution in [1.82, 2.24) is 4.98 Å². The molecule has 1 aromatic heterocycles. The molecule has 2 heterocycles. The fourth-order valence-corrected chi connectivity index (χ4v) is 4.26. The molecule has 0 aromatic carbocycles. The van der Waals surface area contributed by atoms with Crippen molar-refractivity contribution in [2.24, 2.45) is 23.2 Å². The van der Waals surface area contributed by atoms with E-state index in [0.29, 0.717) is 24.4 Å². The van der Waals surface area contributed by atoms with Gasteiger partial charge in [0.2, 0.25) is 0 Å². The smallest absolute Gasteiger partial charge is 0.306 e. The number of aromatic nitrogens is 1. The molecule has 2 rings (SSSR count). The molecular weight excluding hydrogens is 430 g/mol. The molecule has 1 aliphatic rings. The molecule has 6 heteroatoms. The second kappa shape index (κ2) is 11.8. The standard InChI is InChI=1S/C28H41NO5/c1-17-10-9-11-18(2)26(31)21(5)27(32)28(7,8)20(4)15-25(30)34-24(13-12-17)19(3)14-23-16-33-22(6)29-23/h9-10,12,14,16,18,20-21,24,26,31H,11,13,15H2,1-8H3/b10-9+,17-12-,19-14+/t18-,20-,21+,24-,26-/m0/s1. The van der Waals surface area contributed by atoms with Gasteiger partial charge in [-0.1, -0.05) is 58.4 Å². The zero-order valence-electron chi connectivity index (χ0n) is 21.9. The van der Waals surface area contributed by atoms with Crippen LogP contribution in [0.1, 0.15) is 79.3 Å².